The average Bonchev–Trinajstić information content (AvgIpc) is 3.08. The summed E-state index contributed by atoms with van der Waals surface area (Å²) in [6, 6.07) is 8.82. The maximum atomic E-state index is 6.10. The van der Waals surface area contributed by atoms with Gasteiger partial charge in [-0.15, -0.1) is 22.0 Å². The standard InChI is InChI=1S/C13H7BrCl2N2O2S/c14-11-4-3-9(19-11)13-18-17-12(20-13)6-21-10-5-7(15)1-2-8(10)16/h1-5H,6H2. The highest BCUT2D eigenvalue weighted by atomic mass is 79.9. The molecule has 3 aromatic rings. The Morgan fingerprint density at radius 1 is 1.10 bits per heavy atom. The average molecular weight is 406 g/mol. The molecule has 3 rings (SSSR count). The van der Waals surface area contributed by atoms with Gasteiger partial charge in [-0.1, -0.05) is 23.2 Å². The van der Waals surface area contributed by atoms with Crippen LogP contribution in [0.4, 0.5) is 0 Å². The Hall–Kier alpha value is -0.950. The minimum absolute atomic E-state index is 0.341. The van der Waals surface area contributed by atoms with Gasteiger partial charge in [0.25, 0.3) is 5.89 Å². The minimum atomic E-state index is 0.341. The van der Waals surface area contributed by atoms with Gasteiger partial charge < -0.3 is 8.83 Å². The zero-order valence-corrected chi connectivity index (χ0v) is 14.3. The normalized spacial score (nSPS) is 11.0. The number of nitrogens with zero attached hydrogens (tertiary/aromatic N) is 2. The number of rotatable bonds is 4. The van der Waals surface area contributed by atoms with E-state index in [0.717, 1.165) is 4.90 Å². The van der Waals surface area contributed by atoms with Gasteiger partial charge in [0.15, 0.2) is 10.4 Å². The summed E-state index contributed by atoms with van der Waals surface area (Å²) in [6.07, 6.45) is 0. The van der Waals surface area contributed by atoms with Crippen molar-refractivity contribution in [1.29, 1.82) is 0 Å². The molecule has 0 aliphatic rings. The second-order valence-electron chi connectivity index (χ2n) is 3.97. The molecule has 0 fully saturated rings. The summed E-state index contributed by atoms with van der Waals surface area (Å²) in [5.74, 6) is 1.84. The molecule has 0 N–H and O–H groups in total. The summed E-state index contributed by atoms with van der Waals surface area (Å²) < 4.78 is 11.5. The Morgan fingerprint density at radius 3 is 2.71 bits per heavy atom. The van der Waals surface area contributed by atoms with E-state index in [2.05, 4.69) is 26.1 Å². The fraction of sp³-hybridized carbons (Fsp3) is 0.0769. The highest BCUT2D eigenvalue weighted by molar-refractivity contribution is 9.10. The fourth-order valence-electron chi connectivity index (χ4n) is 1.57. The number of hydrogen-bond acceptors (Lipinski definition) is 5. The first-order valence-corrected chi connectivity index (χ1v) is 8.31. The van der Waals surface area contributed by atoms with Gasteiger partial charge in [0, 0.05) is 9.92 Å². The lowest BCUT2D eigenvalue weighted by Crippen LogP contribution is -1.81. The Morgan fingerprint density at radius 2 is 1.95 bits per heavy atom. The molecule has 0 atom stereocenters. The van der Waals surface area contributed by atoms with Crippen LogP contribution in [0.15, 0.2) is 48.7 Å². The van der Waals surface area contributed by atoms with Crippen molar-refractivity contribution in [2.24, 2.45) is 0 Å². The van der Waals surface area contributed by atoms with Crippen LogP contribution in [0.1, 0.15) is 5.89 Å². The fourth-order valence-corrected chi connectivity index (χ4v) is 3.20. The second-order valence-corrected chi connectivity index (χ2v) is 6.61. The van der Waals surface area contributed by atoms with E-state index in [1.165, 1.54) is 11.8 Å². The van der Waals surface area contributed by atoms with Crippen LogP contribution in [-0.4, -0.2) is 10.2 Å². The number of thioether (sulfide) groups is 1. The van der Waals surface area contributed by atoms with E-state index < -0.39 is 0 Å². The van der Waals surface area contributed by atoms with Crippen molar-refractivity contribution in [1.82, 2.24) is 10.2 Å². The zero-order valence-electron chi connectivity index (χ0n) is 10.3. The molecular weight excluding hydrogens is 399 g/mol. The summed E-state index contributed by atoms with van der Waals surface area (Å²) >= 11 is 16.7. The zero-order chi connectivity index (χ0) is 14.8. The molecule has 21 heavy (non-hydrogen) atoms. The van der Waals surface area contributed by atoms with E-state index in [-0.39, 0.29) is 0 Å². The van der Waals surface area contributed by atoms with Crippen LogP contribution in [-0.2, 0) is 5.75 Å². The second kappa shape index (κ2) is 6.44. The van der Waals surface area contributed by atoms with Crippen molar-refractivity contribution in [2.75, 3.05) is 0 Å². The molecule has 0 spiro atoms. The molecule has 1 aromatic carbocycles. The molecule has 2 aromatic heterocycles. The molecule has 4 nitrogen and oxygen atoms in total. The predicted molar refractivity (Wildman–Crippen MR) is 85.7 cm³/mol. The smallest absolute Gasteiger partial charge is 0.283 e. The van der Waals surface area contributed by atoms with E-state index in [9.17, 15) is 0 Å². The van der Waals surface area contributed by atoms with Gasteiger partial charge in [-0.25, -0.2) is 0 Å². The molecule has 0 saturated carbocycles. The molecule has 2 heterocycles. The van der Waals surface area contributed by atoms with Crippen molar-refractivity contribution in [3.63, 3.8) is 0 Å². The van der Waals surface area contributed by atoms with Gasteiger partial charge in [-0.2, -0.15) is 0 Å². The maximum absolute atomic E-state index is 6.10. The van der Waals surface area contributed by atoms with Crippen molar-refractivity contribution < 1.29 is 8.83 Å². The molecule has 0 aliphatic carbocycles. The van der Waals surface area contributed by atoms with Crippen LogP contribution in [0.3, 0.4) is 0 Å². The summed E-state index contributed by atoms with van der Waals surface area (Å²) in [5, 5.41) is 9.20. The highest BCUT2D eigenvalue weighted by Crippen LogP contribution is 2.32. The first-order valence-electron chi connectivity index (χ1n) is 5.78. The van der Waals surface area contributed by atoms with Crippen LogP contribution < -0.4 is 0 Å². The van der Waals surface area contributed by atoms with E-state index in [1.807, 2.05) is 0 Å². The third-order valence-corrected chi connectivity index (χ3v) is 4.64. The van der Waals surface area contributed by atoms with Crippen molar-refractivity contribution in [3.8, 4) is 11.7 Å². The number of hydrogen-bond donors (Lipinski definition) is 0. The Balaban J connectivity index is 1.71. The van der Waals surface area contributed by atoms with Gasteiger partial charge in [0.05, 0.1) is 10.8 Å². The molecule has 0 radical (unpaired) electrons. The lowest BCUT2D eigenvalue weighted by Gasteiger charge is -2.02. The van der Waals surface area contributed by atoms with Crippen molar-refractivity contribution >= 4 is 50.9 Å². The van der Waals surface area contributed by atoms with Gasteiger partial charge in [0.2, 0.25) is 5.89 Å². The molecule has 8 heteroatoms. The Labute approximate surface area is 143 Å². The molecule has 0 unspecified atom stereocenters. The summed E-state index contributed by atoms with van der Waals surface area (Å²) in [6.45, 7) is 0. The Kier molecular flexibility index (Phi) is 4.59. The van der Waals surface area contributed by atoms with Gasteiger partial charge in [-0.05, 0) is 46.3 Å². The van der Waals surface area contributed by atoms with Crippen LogP contribution >= 0.6 is 50.9 Å². The lowest BCUT2D eigenvalue weighted by atomic mass is 10.4. The van der Waals surface area contributed by atoms with Crippen LogP contribution in [0, 0.1) is 0 Å². The predicted octanol–water partition coefficient (Wildman–Crippen LogP) is 5.69. The van der Waals surface area contributed by atoms with E-state index in [1.54, 1.807) is 30.3 Å². The number of furan rings is 1. The molecule has 0 saturated heterocycles. The summed E-state index contributed by atoms with van der Waals surface area (Å²) in [5.41, 5.74) is 0. The van der Waals surface area contributed by atoms with Gasteiger partial charge >= 0.3 is 0 Å². The van der Waals surface area contributed by atoms with Gasteiger partial charge in [-0.3, -0.25) is 0 Å². The molecule has 0 aliphatic heterocycles. The Bertz CT molecular complexity index is 775. The van der Waals surface area contributed by atoms with E-state index in [4.69, 9.17) is 32.0 Å². The first-order chi connectivity index (χ1) is 10.1. The van der Waals surface area contributed by atoms with Gasteiger partial charge in [0.1, 0.15) is 0 Å². The molecule has 108 valence electrons. The topological polar surface area (TPSA) is 52.1 Å². The third-order valence-electron chi connectivity index (χ3n) is 2.50. The largest absolute Gasteiger partial charge is 0.444 e. The number of benzene rings is 1. The summed E-state index contributed by atoms with van der Waals surface area (Å²) in [7, 11) is 0. The summed E-state index contributed by atoms with van der Waals surface area (Å²) in [4.78, 5) is 0.865. The first kappa shape index (κ1) is 15.0. The van der Waals surface area contributed by atoms with E-state index >= 15 is 0 Å². The van der Waals surface area contributed by atoms with Crippen LogP contribution in [0.5, 0.6) is 0 Å². The quantitative estimate of drug-likeness (QED) is 0.521. The van der Waals surface area contributed by atoms with Crippen LogP contribution in [0.25, 0.3) is 11.7 Å². The third kappa shape index (κ3) is 3.63. The van der Waals surface area contributed by atoms with Crippen LogP contribution in [0.2, 0.25) is 10.0 Å². The lowest BCUT2D eigenvalue weighted by molar-refractivity contribution is 0.486. The highest BCUT2D eigenvalue weighted by Gasteiger charge is 2.13. The minimum Gasteiger partial charge on any atom is -0.444 e. The molecule has 0 bridgehead atoms. The van der Waals surface area contributed by atoms with Crippen molar-refractivity contribution in [3.05, 3.63) is 50.9 Å². The number of aromatic nitrogens is 2. The SMILES string of the molecule is Clc1ccc(Cl)c(SCc2nnc(-c3ccc(Br)o3)o2)c1. The van der Waals surface area contributed by atoms with Crippen molar-refractivity contribution in [2.45, 2.75) is 10.6 Å². The monoisotopic (exact) mass is 404 g/mol. The molecular formula is C13H7BrCl2N2O2S. The van der Waals surface area contributed by atoms with E-state index in [0.29, 0.717) is 38.0 Å². The molecule has 0 amide bonds. The number of halogens is 3. The maximum Gasteiger partial charge on any atom is 0.283 e.